The Bertz CT molecular complexity index is 680. The molecule has 0 radical (unpaired) electrons. The van der Waals surface area contributed by atoms with Crippen LogP contribution in [0.2, 0.25) is 0 Å². The third kappa shape index (κ3) is 2.95. The number of benzene rings is 1. The van der Waals surface area contributed by atoms with E-state index >= 15 is 0 Å². The second kappa shape index (κ2) is 5.45. The maximum absolute atomic E-state index is 11.8. The number of nitrogens with one attached hydrogen (secondary N) is 1. The fraction of sp³-hybridized carbons (Fsp3) is 0. The van der Waals surface area contributed by atoms with Crippen LogP contribution < -0.4 is 11.1 Å². The zero-order chi connectivity index (χ0) is 14.7. The molecule has 9 heteroatoms. The fourth-order valence-corrected chi connectivity index (χ4v) is 2.01. The number of thiazole rings is 1. The van der Waals surface area contributed by atoms with Crippen LogP contribution in [0.4, 0.5) is 10.8 Å². The van der Waals surface area contributed by atoms with Crippen LogP contribution in [0.15, 0.2) is 30.5 Å². The summed E-state index contributed by atoms with van der Waals surface area (Å²) in [7, 11) is 0. The summed E-state index contributed by atoms with van der Waals surface area (Å²) in [6.07, 6.45) is 1.26. The van der Waals surface area contributed by atoms with Gasteiger partial charge in [0.1, 0.15) is 4.88 Å². The highest BCUT2D eigenvalue weighted by Crippen LogP contribution is 2.19. The fourth-order valence-electron chi connectivity index (χ4n) is 1.35. The van der Waals surface area contributed by atoms with E-state index in [0.29, 0.717) is 0 Å². The number of aromatic nitrogens is 1. The van der Waals surface area contributed by atoms with E-state index in [1.165, 1.54) is 30.5 Å². The third-order valence-electron chi connectivity index (χ3n) is 2.31. The number of amides is 2. The summed E-state index contributed by atoms with van der Waals surface area (Å²) in [4.78, 5) is 36.7. The average Bonchev–Trinajstić information content (AvgIpc) is 2.87. The third-order valence-corrected chi connectivity index (χ3v) is 3.24. The van der Waals surface area contributed by atoms with Gasteiger partial charge in [-0.3, -0.25) is 25.0 Å². The van der Waals surface area contributed by atoms with E-state index in [1.54, 1.807) is 0 Å². The Morgan fingerprint density at radius 3 is 2.45 bits per heavy atom. The normalized spacial score (nSPS) is 10.0. The number of anilines is 1. The highest BCUT2D eigenvalue weighted by molar-refractivity contribution is 7.17. The molecule has 0 bridgehead atoms. The van der Waals surface area contributed by atoms with Crippen LogP contribution in [0.1, 0.15) is 20.0 Å². The number of carbonyl (C=O) groups is 2. The summed E-state index contributed by atoms with van der Waals surface area (Å²) < 4.78 is 0. The largest absolute Gasteiger partial charge is 0.365 e. The molecule has 102 valence electrons. The van der Waals surface area contributed by atoms with Gasteiger partial charge in [0, 0.05) is 17.7 Å². The minimum absolute atomic E-state index is 0.105. The van der Waals surface area contributed by atoms with Crippen LogP contribution >= 0.6 is 11.3 Å². The van der Waals surface area contributed by atoms with Crippen molar-refractivity contribution < 1.29 is 14.5 Å². The molecule has 1 aromatic carbocycles. The Kier molecular flexibility index (Phi) is 3.71. The number of rotatable bonds is 4. The number of nitrogens with zero attached hydrogens (tertiary/aromatic N) is 2. The SMILES string of the molecule is NC(=O)c1cnc(NC(=O)c2ccc([N+](=O)[O-])cc2)s1. The number of nitro groups is 1. The van der Waals surface area contributed by atoms with Crippen molar-refractivity contribution in [2.24, 2.45) is 5.73 Å². The molecule has 20 heavy (non-hydrogen) atoms. The molecule has 2 rings (SSSR count). The molecule has 2 amide bonds. The molecule has 0 aliphatic rings. The van der Waals surface area contributed by atoms with E-state index in [0.717, 1.165) is 11.3 Å². The molecule has 3 N–H and O–H groups in total. The molecule has 0 saturated heterocycles. The first-order chi connectivity index (χ1) is 9.47. The van der Waals surface area contributed by atoms with Crippen molar-refractivity contribution in [3.05, 3.63) is 51.0 Å². The van der Waals surface area contributed by atoms with E-state index < -0.39 is 16.7 Å². The quantitative estimate of drug-likeness (QED) is 0.650. The first-order valence-electron chi connectivity index (χ1n) is 5.29. The summed E-state index contributed by atoms with van der Waals surface area (Å²) >= 11 is 0.946. The average molecular weight is 292 g/mol. The van der Waals surface area contributed by atoms with Crippen LogP contribution in [0, 0.1) is 10.1 Å². The van der Waals surface area contributed by atoms with Gasteiger partial charge in [0.15, 0.2) is 5.13 Å². The smallest absolute Gasteiger partial charge is 0.269 e. The van der Waals surface area contributed by atoms with Crippen molar-refractivity contribution in [1.29, 1.82) is 0 Å². The number of nitrogens with two attached hydrogens (primary N) is 1. The second-order valence-corrected chi connectivity index (χ2v) is 4.68. The van der Waals surface area contributed by atoms with Crippen LogP contribution in [-0.2, 0) is 0 Å². The number of carbonyl (C=O) groups excluding carboxylic acids is 2. The standard InChI is InChI=1S/C11H8N4O4S/c12-9(16)8-5-13-11(20-8)14-10(17)6-1-3-7(4-2-6)15(18)19/h1-5H,(H2,12,16)(H,13,14,17). The van der Waals surface area contributed by atoms with Crippen molar-refractivity contribution >= 4 is 34.0 Å². The van der Waals surface area contributed by atoms with Crippen LogP contribution in [-0.4, -0.2) is 21.7 Å². The number of hydrogen-bond donors (Lipinski definition) is 2. The maximum Gasteiger partial charge on any atom is 0.269 e. The van der Waals surface area contributed by atoms with Gasteiger partial charge < -0.3 is 5.73 Å². The molecule has 8 nitrogen and oxygen atoms in total. The molecule has 0 aliphatic carbocycles. The maximum atomic E-state index is 11.8. The van der Waals surface area contributed by atoms with Gasteiger partial charge in [-0.15, -0.1) is 0 Å². The predicted octanol–water partition coefficient (Wildman–Crippen LogP) is 1.40. The van der Waals surface area contributed by atoms with Crippen molar-refractivity contribution in [1.82, 2.24) is 4.98 Å². The first kappa shape index (κ1) is 13.6. The van der Waals surface area contributed by atoms with Gasteiger partial charge in [-0.2, -0.15) is 0 Å². The molecule has 0 fully saturated rings. The lowest BCUT2D eigenvalue weighted by Gasteiger charge is -2.00. The highest BCUT2D eigenvalue weighted by Gasteiger charge is 2.12. The molecule has 0 spiro atoms. The second-order valence-electron chi connectivity index (χ2n) is 3.65. The first-order valence-corrected chi connectivity index (χ1v) is 6.10. The van der Waals surface area contributed by atoms with E-state index in [-0.39, 0.29) is 21.3 Å². The summed E-state index contributed by atoms with van der Waals surface area (Å²) in [6, 6.07) is 5.11. The minimum atomic E-state index is -0.627. The monoisotopic (exact) mass is 292 g/mol. The van der Waals surface area contributed by atoms with E-state index in [4.69, 9.17) is 5.73 Å². The lowest BCUT2D eigenvalue weighted by molar-refractivity contribution is -0.384. The van der Waals surface area contributed by atoms with Gasteiger partial charge in [0.2, 0.25) is 0 Å². The van der Waals surface area contributed by atoms with Crippen molar-refractivity contribution in [3.63, 3.8) is 0 Å². The minimum Gasteiger partial charge on any atom is -0.365 e. The summed E-state index contributed by atoms with van der Waals surface area (Å²) in [5.41, 5.74) is 5.21. The summed E-state index contributed by atoms with van der Waals surface area (Å²) in [5.74, 6) is -1.11. The molecule has 0 saturated carbocycles. The van der Waals surface area contributed by atoms with Crippen molar-refractivity contribution in [3.8, 4) is 0 Å². The van der Waals surface area contributed by atoms with Gasteiger partial charge in [-0.1, -0.05) is 11.3 Å². The van der Waals surface area contributed by atoms with Crippen LogP contribution in [0.5, 0.6) is 0 Å². The van der Waals surface area contributed by atoms with Gasteiger partial charge in [-0.05, 0) is 12.1 Å². The van der Waals surface area contributed by atoms with Gasteiger partial charge in [-0.25, -0.2) is 4.98 Å². The molecular weight excluding hydrogens is 284 g/mol. The Morgan fingerprint density at radius 2 is 1.95 bits per heavy atom. The lowest BCUT2D eigenvalue weighted by Crippen LogP contribution is -2.11. The zero-order valence-electron chi connectivity index (χ0n) is 9.90. The van der Waals surface area contributed by atoms with Gasteiger partial charge >= 0.3 is 0 Å². The number of nitro benzene ring substituents is 1. The zero-order valence-corrected chi connectivity index (χ0v) is 10.7. The molecule has 2 aromatic rings. The van der Waals surface area contributed by atoms with E-state index in [9.17, 15) is 19.7 Å². The van der Waals surface area contributed by atoms with Gasteiger partial charge in [0.05, 0.1) is 11.1 Å². The van der Waals surface area contributed by atoms with Crippen LogP contribution in [0.25, 0.3) is 0 Å². The Labute approximate surface area is 116 Å². The van der Waals surface area contributed by atoms with Crippen molar-refractivity contribution in [2.45, 2.75) is 0 Å². The number of primary amides is 1. The molecule has 1 heterocycles. The summed E-state index contributed by atoms with van der Waals surface area (Å²) in [5, 5.41) is 13.2. The predicted molar refractivity (Wildman–Crippen MR) is 71.7 cm³/mol. The number of non-ortho nitro benzene ring substituents is 1. The topological polar surface area (TPSA) is 128 Å². The molecule has 0 unspecified atom stereocenters. The Morgan fingerprint density at radius 1 is 1.30 bits per heavy atom. The Hall–Kier alpha value is -2.81. The van der Waals surface area contributed by atoms with E-state index in [2.05, 4.69) is 10.3 Å². The molecule has 0 atom stereocenters. The van der Waals surface area contributed by atoms with Gasteiger partial charge in [0.25, 0.3) is 17.5 Å². The van der Waals surface area contributed by atoms with E-state index in [1.807, 2.05) is 0 Å². The summed E-state index contributed by atoms with van der Waals surface area (Å²) in [6.45, 7) is 0. The molecular formula is C11H8N4O4S. The molecule has 1 aromatic heterocycles. The Balaban J connectivity index is 2.11. The highest BCUT2D eigenvalue weighted by atomic mass is 32.1. The number of hydrogen-bond acceptors (Lipinski definition) is 6. The van der Waals surface area contributed by atoms with Crippen LogP contribution in [0.3, 0.4) is 0 Å². The lowest BCUT2D eigenvalue weighted by atomic mass is 10.2. The molecule has 0 aliphatic heterocycles. The van der Waals surface area contributed by atoms with Crippen molar-refractivity contribution in [2.75, 3.05) is 5.32 Å².